The van der Waals surface area contributed by atoms with E-state index in [1.807, 2.05) is 51.1 Å². The number of carbonyl (C=O) groups is 2. The van der Waals surface area contributed by atoms with Crippen LogP contribution in [0.2, 0.25) is 0 Å². The van der Waals surface area contributed by atoms with Crippen molar-refractivity contribution in [1.82, 2.24) is 4.90 Å². The first-order chi connectivity index (χ1) is 8.04. The summed E-state index contributed by atoms with van der Waals surface area (Å²) >= 11 is 0. The number of likely N-dealkylation sites (tertiary alicyclic amines) is 1. The van der Waals surface area contributed by atoms with Crippen LogP contribution in [0.25, 0.3) is 0 Å². The monoisotopic (exact) mass is 231 g/mol. The first-order valence-corrected chi connectivity index (χ1v) is 5.96. The summed E-state index contributed by atoms with van der Waals surface area (Å²) in [6.07, 6.45) is 0. The lowest BCUT2D eigenvalue weighted by Crippen LogP contribution is -2.57. The minimum Gasteiger partial charge on any atom is -0.274 e. The molecular weight excluding hydrogens is 214 g/mol. The van der Waals surface area contributed by atoms with E-state index in [0.717, 1.165) is 5.56 Å². The van der Waals surface area contributed by atoms with Gasteiger partial charge in [0, 0.05) is 5.92 Å². The maximum Gasteiger partial charge on any atom is 0.235 e. The molecule has 0 aliphatic carbocycles. The maximum absolute atomic E-state index is 12.0. The van der Waals surface area contributed by atoms with Crippen molar-refractivity contribution >= 4 is 11.8 Å². The molecule has 3 heteroatoms. The zero-order chi connectivity index (χ0) is 12.6. The molecule has 1 aromatic carbocycles. The van der Waals surface area contributed by atoms with Crippen LogP contribution in [0.15, 0.2) is 30.3 Å². The third-order valence-corrected chi connectivity index (χ3v) is 3.25. The molecule has 1 aromatic rings. The van der Waals surface area contributed by atoms with Gasteiger partial charge in [-0.2, -0.15) is 0 Å². The fourth-order valence-electron chi connectivity index (χ4n) is 2.24. The Hall–Kier alpha value is -1.64. The van der Waals surface area contributed by atoms with Crippen LogP contribution in [0.3, 0.4) is 0 Å². The molecule has 2 amide bonds. The molecule has 0 radical (unpaired) electrons. The number of rotatable bonds is 2. The molecule has 2 atom stereocenters. The van der Waals surface area contributed by atoms with Crippen molar-refractivity contribution in [3.8, 4) is 0 Å². The highest BCUT2D eigenvalue weighted by Gasteiger charge is 2.48. The predicted molar refractivity (Wildman–Crippen MR) is 65.0 cm³/mol. The molecule has 90 valence electrons. The topological polar surface area (TPSA) is 37.4 Å². The minimum absolute atomic E-state index is 0.0578. The molecular formula is C14H17NO2. The molecule has 1 saturated heterocycles. The second-order valence-corrected chi connectivity index (χ2v) is 4.85. The summed E-state index contributed by atoms with van der Waals surface area (Å²) in [5, 5.41) is 0. The van der Waals surface area contributed by atoms with E-state index in [1.54, 1.807) is 0 Å². The van der Waals surface area contributed by atoms with Crippen LogP contribution in [0.4, 0.5) is 0 Å². The van der Waals surface area contributed by atoms with Crippen molar-refractivity contribution in [3.05, 3.63) is 35.9 Å². The van der Waals surface area contributed by atoms with E-state index >= 15 is 0 Å². The lowest BCUT2D eigenvalue weighted by atomic mass is 9.83. The van der Waals surface area contributed by atoms with Crippen molar-refractivity contribution in [2.45, 2.75) is 26.8 Å². The Kier molecular flexibility index (Phi) is 3.01. The lowest BCUT2D eigenvalue weighted by Gasteiger charge is -2.45. The van der Waals surface area contributed by atoms with Gasteiger partial charge in [0.05, 0.1) is 12.0 Å². The van der Waals surface area contributed by atoms with Crippen LogP contribution < -0.4 is 0 Å². The summed E-state index contributed by atoms with van der Waals surface area (Å²) in [6, 6.07) is 9.65. The minimum atomic E-state index is -0.141. The van der Waals surface area contributed by atoms with Gasteiger partial charge in [-0.15, -0.1) is 0 Å². The van der Waals surface area contributed by atoms with E-state index in [9.17, 15) is 9.59 Å². The Morgan fingerprint density at radius 3 is 2.35 bits per heavy atom. The Morgan fingerprint density at radius 1 is 1.24 bits per heavy atom. The highest BCUT2D eigenvalue weighted by atomic mass is 16.2. The van der Waals surface area contributed by atoms with Crippen LogP contribution in [-0.4, -0.2) is 16.7 Å². The molecule has 1 unspecified atom stereocenters. The average molecular weight is 231 g/mol. The van der Waals surface area contributed by atoms with Crippen LogP contribution in [0.1, 0.15) is 32.4 Å². The highest BCUT2D eigenvalue weighted by Crippen LogP contribution is 2.40. The third kappa shape index (κ3) is 1.86. The summed E-state index contributed by atoms with van der Waals surface area (Å²) in [7, 11) is 0. The van der Waals surface area contributed by atoms with Crippen LogP contribution in [0, 0.1) is 11.8 Å². The molecule has 0 spiro atoms. The van der Waals surface area contributed by atoms with Gasteiger partial charge in [0.15, 0.2) is 0 Å². The molecule has 2 rings (SSSR count). The number of hydrogen-bond acceptors (Lipinski definition) is 2. The first kappa shape index (κ1) is 11.8. The number of amides is 2. The van der Waals surface area contributed by atoms with Gasteiger partial charge >= 0.3 is 0 Å². The summed E-state index contributed by atoms with van der Waals surface area (Å²) in [5.74, 6) is -0.378. The molecule has 0 aromatic heterocycles. The second-order valence-electron chi connectivity index (χ2n) is 4.85. The van der Waals surface area contributed by atoms with Crippen molar-refractivity contribution in [2.75, 3.05) is 0 Å². The number of nitrogens with zero attached hydrogens (tertiary/aromatic N) is 1. The molecule has 0 saturated carbocycles. The Bertz CT molecular complexity index is 439. The fourth-order valence-corrected chi connectivity index (χ4v) is 2.24. The Labute approximate surface area is 101 Å². The normalized spacial score (nSPS) is 23.8. The number of β-lactam (4-membered cyclic amide) rings is 1. The molecule has 1 heterocycles. The smallest absolute Gasteiger partial charge is 0.235 e. The summed E-state index contributed by atoms with van der Waals surface area (Å²) in [5.41, 5.74) is 1.04. The molecule has 0 bridgehead atoms. The maximum atomic E-state index is 12.0. The zero-order valence-corrected chi connectivity index (χ0v) is 10.4. The van der Waals surface area contributed by atoms with Gasteiger partial charge in [-0.05, 0) is 5.56 Å². The molecule has 17 heavy (non-hydrogen) atoms. The molecule has 3 nitrogen and oxygen atoms in total. The van der Waals surface area contributed by atoms with E-state index in [1.165, 1.54) is 4.90 Å². The van der Waals surface area contributed by atoms with Gasteiger partial charge in [-0.1, -0.05) is 51.1 Å². The van der Waals surface area contributed by atoms with Gasteiger partial charge in [-0.3, -0.25) is 14.5 Å². The summed E-state index contributed by atoms with van der Waals surface area (Å²) in [4.78, 5) is 25.2. The van der Waals surface area contributed by atoms with Gasteiger partial charge in [-0.25, -0.2) is 0 Å². The number of hydrogen-bond donors (Lipinski definition) is 0. The standard InChI is InChI=1S/C14H17NO2/c1-9(2)13(16)15-12(10(3)14(15)17)11-7-5-4-6-8-11/h4-10,12H,1-3H3/t10-,12?/m1/s1. The molecule has 1 fully saturated rings. The van der Waals surface area contributed by atoms with E-state index in [-0.39, 0.29) is 29.7 Å². The summed E-state index contributed by atoms with van der Waals surface area (Å²) < 4.78 is 0. The molecule has 1 aliphatic rings. The third-order valence-electron chi connectivity index (χ3n) is 3.25. The van der Waals surface area contributed by atoms with Crippen molar-refractivity contribution in [1.29, 1.82) is 0 Å². The Morgan fingerprint density at radius 2 is 1.82 bits per heavy atom. The average Bonchev–Trinajstić information content (AvgIpc) is 2.34. The first-order valence-electron chi connectivity index (χ1n) is 5.96. The highest BCUT2D eigenvalue weighted by molar-refractivity contribution is 6.02. The van der Waals surface area contributed by atoms with E-state index in [2.05, 4.69) is 0 Å². The Balaban J connectivity index is 2.28. The van der Waals surface area contributed by atoms with E-state index in [0.29, 0.717) is 0 Å². The summed E-state index contributed by atoms with van der Waals surface area (Å²) in [6.45, 7) is 5.52. The number of benzene rings is 1. The van der Waals surface area contributed by atoms with Crippen LogP contribution >= 0.6 is 0 Å². The van der Waals surface area contributed by atoms with Crippen LogP contribution in [-0.2, 0) is 9.59 Å². The number of imide groups is 1. The van der Waals surface area contributed by atoms with Gasteiger partial charge in [0.25, 0.3) is 0 Å². The van der Waals surface area contributed by atoms with E-state index < -0.39 is 0 Å². The fraction of sp³-hybridized carbons (Fsp3) is 0.429. The predicted octanol–water partition coefficient (Wildman–Crippen LogP) is 2.39. The SMILES string of the molecule is CC(C)C(=O)N1C(=O)[C@H](C)C1c1ccccc1. The quantitative estimate of drug-likeness (QED) is 0.733. The van der Waals surface area contributed by atoms with Crippen molar-refractivity contribution in [2.24, 2.45) is 11.8 Å². The lowest BCUT2D eigenvalue weighted by molar-refractivity contribution is -0.167. The van der Waals surface area contributed by atoms with E-state index in [4.69, 9.17) is 0 Å². The molecule has 0 N–H and O–H groups in total. The van der Waals surface area contributed by atoms with Crippen molar-refractivity contribution < 1.29 is 9.59 Å². The van der Waals surface area contributed by atoms with Gasteiger partial charge in [0.2, 0.25) is 11.8 Å². The molecule has 1 aliphatic heterocycles. The zero-order valence-electron chi connectivity index (χ0n) is 10.4. The largest absolute Gasteiger partial charge is 0.274 e. The van der Waals surface area contributed by atoms with Gasteiger partial charge < -0.3 is 0 Å². The van der Waals surface area contributed by atoms with Crippen molar-refractivity contribution in [3.63, 3.8) is 0 Å². The van der Waals surface area contributed by atoms with Gasteiger partial charge in [0.1, 0.15) is 0 Å². The second kappa shape index (κ2) is 4.32. The van der Waals surface area contributed by atoms with Crippen LogP contribution in [0.5, 0.6) is 0 Å². The number of carbonyl (C=O) groups excluding carboxylic acids is 2.